The summed E-state index contributed by atoms with van der Waals surface area (Å²) >= 11 is 0. The first-order valence-corrected chi connectivity index (χ1v) is 13.7. The number of rotatable bonds is 14. The quantitative estimate of drug-likeness (QED) is 0.222. The van der Waals surface area contributed by atoms with Crippen LogP contribution in [-0.4, -0.2) is 13.2 Å². The van der Waals surface area contributed by atoms with Gasteiger partial charge in [0.2, 0.25) is 0 Å². The highest BCUT2D eigenvalue weighted by Crippen LogP contribution is 2.44. The van der Waals surface area contributed by atoms with Gasteiger partial charge in [-0.1, -0.05) is 104 Å². The van der Waals surface area contributed by atoms with Gasteiger partial charge in [0.15, 0.2) is 0 Å². The predicted molar refractivity (Wildman–Crippen MR) is 149 cm³/mol. The Hall–Kier alpha value is -2.22. The van der Waals surface area contributed by atoms with E-state index in [2.05, 4.69) is 84.0 Å². The number of ether oxygens (including phenoxy) is 2. The number of fused-ring (bicyclic) bond motifs is 2. The van der Waals surface area contributed by atoms with Gasteiger partial charge >= 0.3 is 0 Å². The third-order valence-corrected chi connectivity index (χ3v) is 7.26. The Balaban J connectivity index is 2.08. The van der Waals surface area contributed by atoms with Crippen LogP contribution in [0.5, 0.6) is 11.5 Å². The van der Waals surface area contributed by atoms with Crippen molar-refractivity contribution in [3.63, 3.8) is 0 Å². The van der Waals surface area contributed by atoms with E-state index in [0.717, 1.165) is 41.9 Å². The van der Waals surface area contributed by atoms with Crippen molar-refractivity contribution in [2.75, 3.05) is 13.2 Å². The van der Waals surface area contributed by atoms with Crippen molar-refractivity contribution < 1.29 is 9.47 Å². The molecule has 2 heteroatoms. The fraction of sp³-hybridized carbons (Fsp3) is 0.562. The molecule has 0 bridgehead atoms. The lowest BCUT2D eigenvalue weighted by molar-refractivity contribution is 0.251. The summed E-state index contributed by atoms with van der Waals surface area (Å²) in [6.45, 7) is 15.2. The third-order valence-electron chi connectivity index (χ3n) is 7.26. The van der Waals surface area contributed by atoms with Crippen LogP contribution in [0.15, 0.2) is 42.5 Å². The van der Waals surface area contributed by atoms with E-state index in [-0.39, 0.29) is 0 Å². The lowest BCUT2D eigenvalue weighted by Crippen LogP contribution is -2.11. The lowest BCUT2D eigenvalue weighted by Gasteiger charge is -2.22. The molecule has 0 N–H and O–H groups in total. The van der Waals surface area contributed by atoms with E-state index in [1.165, 1.54) is 54.9 Å². The maximum absolute atomic E-state index is 6.64. The molecule has 2 nitrogen and oxygen atoms in total. The molecule has 3 rings (SSSR count). The molecular formula is C32H46O2. The van der Waals surface area contributed by atoms with Crippen LogP contribution in [0.4, 0.5) is 0 Å². The van der Waals surface area contributed by atoms with Crippen molar-refractivity contribution in [2.24, 2.45) is 11.8 Å². The van der Waals surface area contributed by atoms with Crippen molar-refractivity contribution in [3.05, 3.63) is 48.0 Å². The highest BCUT2D eigenvalue weighted by atomic mass is 16.5. The highest BCUT2D eigenvalue weighted by Gasteiger charge is 2.19. The van der Waals surface area contributed by atoms with E-state index >= 15 is 0 Å². The van der Waals surface area contributed by atoms with E-state index in [0.29, 0.717) is 17.8 Å². The van der Waals surface area contributed by atoms with Gasteiger partial charge in [-0.25, -0.2) is 0 Å². The van der Waals surface area contributed by atoms with Gasteiger partial charge in [0.05, 0.1) is 13.2 Å². The van der Waals surface area contributed by atoms with E-state index in [1.807, 2.05) is 0 Å². The topological polar surface area (TPSA) is 18.5 Å². The third kappa shape index (κ3) is 6.46. The average molecular weight is 463 g/mol. The van der Waals surface area contributed by atoms with Gasteiger partial charge in [-0.05, 0) is 48.6 Å². The Bertz CT molecular complexity index is 1040. The molecule has 0 aromatic heterocycles. The molecule has 0 saturated heterocycles. The molecule has 0 amide bonds. The van der Waals surface area contributed by atoms with Crippen LogP contribution in [0.2, 0.25) is 0 Å². The van der Waals surface area contributed by atoms with Gasteiger partial charge in [-0.15, -0.1) is 0 Å². The van der Waals surface area contributed by atoms with Crippen LogP contribution in [0.25, 0.3) is 21.5 Å². The van der Waals surface area contributed by atoms with Crippen LogP contribution < -0.4 is 9.47 Å². The summed E-state index contributed by atoms with van der Waals surface area (Å²) in [5, 5.41) is 4.68. The van der Waals surface area contributed by atoms with Crippen molar-refractivity contribution in [3.8, 4) is 11.5 Å². The summed E-state index contributed by atoms with van der Waals surface area (Å²) in [4.78, 5) is 0. The predicted octanol–water partition coefficient (Wildman–Crippen LogP) is 9.92. The second-order valence-electron chi connectivity index (χ2n) is 10.4. The first kappa shape index (κ1) is 26.4. The Labute approximate surface area is 208 Å². The van der Waals surface area contributed by atoms with Crippen LogP contribution in [0.1, 0.15) is 98.0 Å². The van der Waals surface area contributed by atoms with Crippen molar-refractivity contribution in [1.82, 2.24) is 0 Å². The van der Waals surface area contributed by atoms with Crippen LogP contribution in [0, 0.1) is 11.8 Å². The second-order valence-corrected chi connectivity index (χ2v) is 10.4. The molecule has 0 aliphatic carbocycles. The molecule has 3 unspecified atom stereocenters. The molecule has 0 aliphatic rings. The fourth-order valence-electron chi connectivity index (χ4n) is 4.69. The summed E-state index contributed by atoms with van der Waals surface area (Å²) in [7, 11) is 0. The molecule has 3 atom stereocenters. The minimum Gasteiger partial charge on any atom is -0.492 e. The average Bonchev–Trinajstić information content (AvgIpc) is 2.87. The number of hydrogen-bond donors (Lipinski definition) is 0. The number of hydrogen-bond acceptors (Lipinski definition) is 2. The summed E-state index contributed by atoms with van der Waals surface area (Å²) in [5.41, 5.74) is 1.37. The number of benzene rings is 3. The minimum atomic E-state index is 0.519. The lowest BCUT2D eigenvalue weighted by atomic mass is 9.93. The van der Waals surface area contributed by atoms with Gasteiger partial charge in [0, 0.05) is 21.5 Å². The molecule has 0 fully saturated rings. The zero-order valence-corrected chi connectivity index (χ0v) is 22.5. The maximum atomic E-state index is 6.64. The Kier molecular flexibility index (Phi) is 10.1. The Morgan fingerprint density at radius 2 is 1.15 bits per heavy atom. The summed E-state index contributed by atoms with van der Waals surface area (Å²) in [5.74, 6) is 3.64. The monoisotopic (exact) mass is 462 g/mol. The molecule has 0 saturated carbocycles. The van der Waals surface area contributed by atoms with Gasteiger partial charge in [-0.3, -0.25) is 0 Å². The molecular weight excluding hydrogens is 416 g/mol. The van der Waals surface area contributed by atoms with Crippen LogP contribution in [0.3, 0.4) is 0 Å². The van der Waals surface area contributed by atoms with Crippen LogP contribution >= 0.6 is 0 Å². The van der Waals surface area contributed by atoms with Gasteiger partial charge < -0.3 is 9.47 Å². The zero-order chi connectivity index (χ0) is 24.5. The molecule has 3 aromatic rings. The van der Waals surface area contributed by atoms with E-state index in [1.54, 1.807) is 0 Å². The van der Waals surface area contributed by atoms with E-state index in [9.17, 15) is 0 Å². The van der Waals surface area contributed by atoms with Gasteiger partial charge in [-0.2, -0.15) is 0 Å². The molecule has 0 radical (unpaired) electrons. The van der Waals surface area contributed by atoms with Crippen molar-refractivity contribution in [1.29, 1.82) is 0 Å². The smallest absolute Gasteiger partial charge is 0.135 e. The minimum absolute atomic E-state index is 0.519. The van der Waals surface area contributed by atoms with Gasteiger partial charge in [0.25, 0.3) is 0 Å². The standard InChI is InChI=1S/C32H46O2/c1-7-10-14-23(4)21-33-31-27-16-12-13-17-28(27)32(34-22-24(5)15-11-8-2)30-20-26(25(6)9-3)18-19-29(30)31/h12-13,16-20,23-25H,7-11,14-15,21-22H2,1-6H3. The largest absolute Gasteiger partial charge is 0.492 e. The van der Waals surface area contributed by atoms with Crippen molar-refractivity contribution >= 4 is 21.5 Å². The Morgan fingerprint density at radius 1 is 0.647 bits per heavy atom. The molecule has 0 spiro atoms. The first-order valence-electron chi connectivity index (χ1n) is 13.7. The second kappa shape index (κ2) is 13.0. The normalized spacial score (nSPS) is 14.3. The summed E-state index contributed by atoms with van der Waals surface area (Å²) in [6, 6.07) is 15.5. The van der Waals surface area contributed by atoms with Crippen molar-refractivity contribution in [2.45, 2.75) is 92.4 Å². The van der Waals surface area contributed by atoms with Crippen LogP contribution in [-0.2, 0) is 0 Å². The SMILES string of the molecule is CCCCC(C)COc1c2ccccc2c(OCC(C)CCCC)c2cc(C(C)CC)ccc12. The molecule has 34 heavy (non-hydrogen) atoms. The Morgan fingerprint density at radius 3 is 1.65 bits per heavy atom. The fourth-order valence-corrected chi connectivity index (χ4v) is 4.69. The zero-order valence-electron chi connectivity index (χ0n) is 22.5. The van der Waals surface area contributed by atoms with Gasteiger partial charge in [0.1, 0.15) is 11.5 Å². The molecule has 186 valence electrons. The van der Waals surface area contributed by atoms with E-state index < -0.39 is 0 Å². The summed E-state index contributed by atoms with van der Waals surface area (Å²) in [6.07, 6.45) is 8.53. The van der Waals surface area contributed by atoms with E-state index in [4.69, 9.17) is 9.47 Å². The molecule has 0 heterocycles. The highest BCUT2D eigenvalue weighted by molar-refractivity contribution is 6.11. The maximum Gasteiger partial charge on any atom is 0.135 e. The summed E-state index contributed by atoms with van der Waals surface area (Å²) < 4.78 is 13.2. The molecule has 3 aromatic carbocycles. The number of unbranched alkanes of at least 4 members (excludes halogenated alkanes) is 2. The molecule has 0 aliphatic heterocycles. The first-order chi connectivity index (χ1) is 16.5.